The predicted molar refractivity (Wildman–Crippen MR) is 54.5 cm³/mol. The molecule has 5 heteroatoms. The average molecular weight is 370 g/mol. The Balaban J connectivity index is 3.64. The van der Waals surface area contributed by atoms with Gasteiger partial charge in [-0.25, -0.2) is 4.79 Å². The van der Waals surface area contributed by atoms with E-state index in [4.69, 9.17) is 5.11 Å². The fraction of sp³-hybridized carbons (Fsp3) is 0.800. The number of ether oxygens (including phenoxy) is 1. The summed E-state index contributed by atoms with van der Waals surface area (Å²) in [6, 6.07) is 0. The highest BCUT2D eigenvalue weighted by Gasteiger charge is 2.27. The Morgan fingerprint density at radius 2 is 2.20 bits per heavy atom. The van der Waals surface area contributed by atoms with E-state index in [0.29, 0.717) is 0 Å². The van der Waals surface area contributed by atoms with Crippen molar-refractivity contribution in [2.24, 2.45) is 0 Å². The van der Waals surface area contributed by atoms with Gasteiger partial charge >= 0.3 is 5.97 Å². The molecule has 0 aliphatic rings. The molecule has 0 radical (unpaired) electrons. The van der Waals surface area contributed by atoms with Crippen LogP contribution in [0.2, 0.25) is 0 Å². The largest absolute Gasteiger partial charge is 0.462 e. The molecule has 0 aromatic carbocycles. The minimum Gasteiger partial charge on any atom is -0.462 e. The first kappa shape index (κ1) is 10.9. The summed E-state index contributed by atoms with van der Waals surface area (Å²) in [6.45, 7) is 1.71. The second-order valence-corrected chi connectivity index (χ2v) is 8.13. The molecule has 0 bridgehead atoms. The molecule has 0 saturated heterocycles. The summed E-state index contributed by atoms with van der Waals surface area (Å²) in [5.41, 5.74) is 0. The highest BCUT2D eigenvalue weighted by atomic mass is 127. The molecule has 10 heavy (non-hydrogen) atoms. The van der Waals surface area contributed by atoms with Crippen LogP contribution in [-0.2, 0) is 9.53 Å². The summed E-state index contributed by atoms with van der Waals surface area (Å²) < 4.78 is 4.13. The predicted octanol–water partition coefficient (Wildman–Crippen LogP) is 1.11. The molecule has 3 nitrogen and oxygen atoms in total. The van der Waals surface area contributed by atoms with Crippen LogP contribution in [0.15, 0.2) is 0 Å². The van der Waals surface area contributed by atoms with Crippen LogP contribution in [0.5, 0.6) is 0 Å². The number of aliphatic hydroxyl groups is 1. The van der Waals surface area contributed by atoms with Gasteiger partial charge in [-0.1, -0.05) is 45.2 Å². The minimum atomic E-state index is -0.523. The van der Waals surface area contributed by atoms with Gasteiger partial charge in [0.1, 0.15) is 6.61 Å². The van der Waals surface area contributed by atoms with E-state index in [-0.39, 0.29) is 19.2 Å². The highest BCUT2D eigenvalue weighted by molar-refractivity contribution is 14.2. The van der Waals surface area contributed by atoms with Gasteiger partial charge in [0.25, 0.3) is 0 Å². The Labute approximate surface area is 86.8 Å². The first-order valence-corrected chi connectivity index (χ1v) is 4.80. The number of carbonyl (C=O) groups excluding carboxylic acids is 1. The van der Waals surface area contributed by atoms with Gasteiger partial charge in [-0.3, -0.25) is 0 Å². The Hall–Kier alpha value is 0.890. The van der Waals surface area contributed by atoms with E-state index in [9.17, 15) is 4.79 Å². The zero-order chi connectivity index (χ0) is 8.20. The second-order valence-electron chi connectivity index (χ2n) is 1.75. The Bertz CT molecular complexity index is 119. The van der Waals surface area contributed by atoms with E-state index in [1.807, 2.05) is 45.2 Å². The summed E-state index contributed by atoms with van der Waals surface area (Å²) in [5.74, 6) is -0.303. The van der Waals surface area contributed by atoms with Crippen LogP contribution in [0.1, 0.15) is 6.92 Å². The first-order valence-electron chi connectivity index (χ1n) is 2.64. The minimum absolute atomic E-state index is 0.0838. The maximum Gasteiger partial charge on any atom is 0.331 e. The summed E-state index contributed by atoms with van der Waals surface area (Å²) in [6.07, 6.45) is 0. The molecule has 0 saturated carbocycles. The maximum absolute atomic E-state index is 10.9. The van der Waals surface area contributed by atoms with Crippen LogP contribution in [0.4, 0.5) is 0 Å². The van der Waals surface area contributed by atoms with Crippen molar-refractivity contribution in [1.82, 2.24) is 0 Å². The van der Waals surface area contributed by atoms with Crippen molar-refractivity contribution in [3.8, 4) is 0 Å². The summed E-state index contributed by atoms with van der Waals surface area (Å²) in [5, 5.41) is 8.30. The lowest BCUT2D eigenvalue weighted by atomic mass is 10.5. The van der Waals surface area contributed by atoms with Crippen molar-refractivity contribution in [3.05, 3.63) is 0 Å². The van der Waals surface area contributed by atoms with E-state index >= 15 is 0 Å². The van der Waals surface area contributed by atoms with Crippen LogP contribution < -0.4 is 0 Å². The standard InChI is InChI=1S/C5H8I2O3/c1-5(6,7)4(9)10-3-2-8/h8H,2-3H2,1H3. The molecule has 0 unspecified atom stereocenters. The molecule has 0 amide bonds. The SMILES string of the molecule is CC(I)(I)C(=O)OCCO. The molecule has 0 aliphatic carbocycles. The zero-order valence-electron chi connectivity index (χ0n) is 5.43. The molecular formula is C5H8I2O3. The quantitative estimate of drug-likeness (QED) is 0.460. The molecule has 0 rings (SSSR count). The van der Waals surface area contributed by atoms with Crippen molar-refractivity contribution in [2.75, 3.05) is 13.2 Å². The van der Waals surface area contributed by atoms with Gasteiger partial charge in [0.15, 0.2) is 1.43 Å². The van der Waals surface area contributed by atoms with Crippen LogP contribution in [0.3, 0.4) is 0 Å². The fourth-order valence-electron chi connectivity index (χ4n) is 0.265. The van der Waals surface area contributed by atoms with E-state index in [1.165, 1.54) is 0 Å². The highest BCUT2D eigenvalue weighted by Crippen LogP contribution is 2.27. The smallest absolute Gasteiger partial charge is 0.331 e. The van der Waals surface area contributed by atoms with Gasteiger partial charge in [-0.2, -0.15) is 0 Å². The first-order chi connectivity index (χ1) is 4.48. The number of esters is 1. The maximum atomic E-state index is 10.9. The third-order valence-electron chi connectivity index (χ3n) is 0.683. The second kappa shape index (κ2) is 4.70. The molecule has 0 aliphatic heterocycles. The van der Waals surface area contributed by atoms with Gasteiger partial charge in [-0.05, 0) is 6.92 Å². The normalized spacial score (nSPS) is 11.2. The molecule has 0 heterocycles. The molecule has 1 N–H and O–H groups in total. The Morgan fingerprint density at radius 1 is 1.70 bits per heavy atom. The van der Waals surface area contributed by atoms with E-state index in [2.05, 4.69) is 4.74 Å². The fourth-order valence-corrected chi connectivity index (χ4v) is 0.576. The summed E-state index contributed by atoms with van der Waals surface area (Å²) in [7, 11) is 0. The van der Waals surface area contributed by atoms with E-state index < -0.39 is 1.43 Å². The third kappa shape index (κ3) is 4.67. The van der Waals surface area contributed by atoms with E-state index in [1.54, 1.807) is 6.92 Å². The zero-order valence-corrected chi connectivity index (χ0v) is 9.75. The lowest BCUT2D eigenvalue weighted by Crippen LogP contribution is -2.24. The molecule has 0 aromatic heterocycles. The van der Waals surface area contributed by atoms with Crippen LogP contribution in [-0.4, -0.2) is 25.7 Å². The van der Waals surface area contributed by atoms with Crippen molar-refractivity contribution < 1.29 is 14.6 Å². The summed E-state index contributed by atoms with van der Waals surface area (Å²) in [4.78, 5) is 10.9. The van der Waals surface area contributed by atoms with Gasteiger partial charge in [0, 0.05) is 0 Å². The Kier molecular flexibility index (Phi) is 5.12. The molecule has 0 atom stereocenters. The van der Waals surface area contributed by atoms with Crippen LogP contribution in [0.25, 0.3) is 0 Å². The van der Waals surface area contributed by atoms with Crippen LogP contribution >= 0.6 is 45.2 Å². The number of carbonyl (C=O) groups is 1. The molecule has 0 aromatic rings. The number of rotatable bonds is 3. The van der Waals surface area contributed by atoms with Gasteiger partial charge in [0.2, 0.25) is 0 Å². The van der Waals surface area contributed by atoms with Crippen molar-refractivity contribution >= 4 is 51.2 Å². The van der Waals surface area contributed by atoms with Gasteiger partial charge in [0.05, 0.1) is 6.61 Å². The molecule has 0 spiro atoms. The van der Waals surface area contributed by atoms with Crippen LogP contribution in [0, 0.1) is 0 Å². The van der Waals surface area contributed by atoms with Crippen molar-refractivity contribution in [1.29, 1.82) is 0 Å². The van der Waals surface area contributed by atoms with Gasteiger partial charge < -0.3 is 9.84 Å². The lowest BCUT2D eigenvalue weighted by Gasteiger charge is -2.11. The number of hydrogen-bond donors (Lipinski definition) is 1. The number of halogens is 2. The lowest BCUT2D eigenvalue weighted by molar-refractivity contribution is -0.143. The average Bonchev–Trinajstić information content (AvgIpc) is 1.80. The number of hydrogen-bond acceptors (Lipinski definition) is 3. The molecule has 0 fully saturated rings. The van der Waals surface area contributed by atoms with E-state index in [0.717, 1.165) is 0 Å². The molecular weight excluding hydrogens is 362 g/mol. The number of alkyl halides is 2. The topological polar surface area (TPSA) is 46.5 Å². The third-order valence-corrected chi connectivity index (χ3v) is 1.56. The van der Waals surface area contributed by atoms with Crippen molar-refractivity contribution in [2.45, 2.75) is 8.35 Å². The summed E-state index contributed by atoms with van der Waals surface area (Å²) >= 11 is 3.95. The monoisotopic (exact) mass is 370 g/mol. The Morgan fingerprint density at radius 3 is 2.50 bits per heavy atom. The molecule has 60 valence electrons. The van der Waals surface area contributed by atoms with Gasteiger partial charge in [-0.15, -0.1) is 0 Å². The van der Waals surface area contributed by atoms with Crippen molar-refractivity contribution in [3.63, 3.8) is 0 Å². The number of aliphatic hydroxyl groups excluding tert-OH is 1.